The van der Waals surface area contributed by atoms with Crippen molar-refractivity contribution < 1.29 is 0 Å². The first-order chi connectivity index (χ1) is 13.2. The first-order valence-corrected chi connectivity index (χ1v) is 9.27. The molecule has 27 heavy (non-hydrogen) atoms. The third kappa shape index (κ3) is 3.95. The van der Waals surface area contributed by atoms with Crippen LogP contribution in [-0.2, 0) is 0 Å². The van der Waals surface area contributed by atoms with Crippen molar-refractivity contribution >= 4 is 16.7 Å². The summed E-state index contributed by atoms with van der Waals surface area (Å²) in [6, 6.07) is 16.1. The van der Waals surface area contributed by atoms with E-state index in [9.17, 15) is 0 Å². The number of nitrogens with one attached hydrogen (secondary N) is 2. The second-order valence-electron chi connectivity index (χ2n) is 7.10. The zero-order chi connectivity index (χ0) is 18.6. The fourth-order valence-electron chi connectivity index (χ4n) is 3.67. The molecule has 138 valence electrons. The van der Waals surface area contributed by atoms with Crippen LogP contribution in [-0.4, -0.2) is 41.0 Å². The van der Waals surface area contributed by atoms with Gasteiger partial charge in [-0.3, -0.25) is 0 Å². The molecule has 1 fully saturated rings. The van der Waals surface area contributed by atoms with Crippen LogP contribution in [0.2, 0.25) is 0 Å². The lowest BCUT2D eigenvalue weighted by Gasteiger charge is -2.32. The summed E-state index contributed by atoms with van der Waals surface area (Å²) in [7, 11) is 2.16. The summed E-state index contributed by atoms with van der Waals surface area (Å²) in [5, 5.41) is 7.54. The van der Waals surface area contributed by atoms with Crippen LogP contribution in [0.15, 0.2) is 53.6 Å². The van der Waals surface area contributed by atoms with Gasteiger partial charge in [0.2, 0.25) is 0 Å². The monoisotopic (exact) mass is 361 g/mol. The molecule has 1 unspecified atom stereocenters. The van der Waals surface area contributed by atoms with Crippen LogP contribution in [0, 0.1) is 0 Å². The van der Waals surface area contributed by atoms with E-state index < -0.39 is 0 Å². The summed E-state index contributed by atoms with van der Waals surface area (Å²) < 4.78 is 0. The number of imidazole rings is 1. The van der Waals surface area contributed by atoms with Gasteiger partial charge in [0.25, 0.3) is 0 Å². The van der Waals surface area contributed by atoms with Crippen LogP contribution in [0.1, 0.15) is 30.3 Å². The number of piperidine rings is 1. The molecule has 1 aromatic heterocycles. The number of fused-ring (bicyclic) bond motifs is 1. The molecule has 0 radical (unpaired) electrons. The van der Waals surface area contributed by atoms with Crippen molar-refractivity contribution in [3.8, 4) is 0 Å². The summed E-state index contributed by atoms with van der Waals surface area (Å²) in [6.07, 6.45) is 2.20. The predicted molar refractivity (Wildman–Crippen MR) is 107 cm³/mol. The molecular formula is C20H23N7. The third-order valence-corrected chi connectivity index (χ3v) is 5.17. The molecule has 2 aromatic carbocycles. The fourth-order valence-corrected chi connectivity index (χ4v) is 3.67. The van der Waals surface area contributed by atoms with Crippen molar-refractivity contribution in [2.75, 3.05) is 20.1 Å². The summed E-state index contributed by atoms with van der Waals surface area (Å²) in [6.45, 7) is 2.17. The number of H-pyrrole nitrogens is 1. The van der Waals surface area contributed by atoms with Crippen molar-refractivity contribution in [2.45, 2.75) is 24.9 Å². The standard InChI is InChI=1S/C20H23N7/c1-27-11-9-15(10-12-27)22-19(14-5-4-6-16(13-14)25-26-21)20-23-17-7-2-3-8-18(17)24-20/h2-8,13,15,19,22H,9-12H2,1H3,(H,23,24). The molecule has 7 nitrogen and oxygen atoms in total. The molecular weight excluding hydrogens is 338 g/mol. The lowest BCUT2D eigenvalue weighted by atomic mass is 10.00. The number of aromatic amines is 1. The van der Waals surface area contributed by atoms with Gasteiger partial charge in [0.05, 0.1) is 17.1 Å². The number of likely N-dealkylation sites (tertiary alicyclic amines) is 1. The molecule has 0 bridgehead atoms. The van der Waals surface area contributed by atoms with Gasteiger partial charge in [-0.15, -0.1) is 0 Å². The fraction of sp³-hybridized carbons (Fsp3) is 0.350. The zero-order valence-electron chi connectivity index (χ0n) is 15.3. The Kier molecular flexibility index (Phi) is 5.07. The maximum Gasteiger partial charge on any atom is 0.129 e. The van der Waals surface area contributed by atoms with Crippen molar-refractivity contribution in [2.24, 2.45) is 5.11 Å². The maximum atomic E-state index is 8.77. The van der Waals surface area contributed by atoms with Gasteiger partial charge in [0, 0.05) is 16.6 Å². The quantitative estimate of drug-likeness (QED) is 0.403. The zero-order valence-corrected chi connectivity index (χ0v) is 15.3. The number of hydrogen-bond acceptors (Lipinski definition) is 4. The number of benzene rings is 2. The second-order valence-corrected chi connectivity index (χ2v) is 7.10. The van der Waals surface area contributed by atoms with E-state index in [0.717, 1.165) is 48.4 Å². The van der Waals surface area contributed by atoms with E-state index in [4.69, 9.17) is 10.5 Å². The van der Waals surface area contributed by atoms with Crippen LogP contribution in [0.3, 0.4) is 0 Å². The van der Waals surface area contributed by atoms with Gasteiger partial charge in [-0.05, 0) is 62.3 Å². The molecule has 0 spiro atoms. The third-order valence-electron chi connectivity index (χ3n) is 5.17. The first kappa shape index (κ1) is 17.5. The van der Waals surface area contributed by atoms with Crippen molar-refractivity contribution in [1.82, 2.24) is 20.2 Å². The van der Waals surface area contributed by atoms with E-state index >= 15 is 0 Å². The Bertz CT molecular complexity index is 932. The Labute approximate surface area is 158 Å². The van der Waals surface area contributed by atoms with Gasteiger partial charge in [0.15, 0.2) is 0 Å². The van der Waals surface area contributed by atoms with E-state index in [2.05, 4.69) is 38.3 Å². The summed E-state index contributed by atoms with van der Waals surface area (Å²) in [5.74, 6) is 0.883. The van der Waals surface area contributed by atoms with Crippen LogP contribution in [0.5, 0.6) is 0 Å². The minimum atomic E-state index is -0.0837. The molecule has 2 heterocycles. The van der Waals surface area contributed by atoms with Crippen molar-refractivity contribution in [3.63, 3.8) is 0 Å². The minimum Gasteiger partial charge on any atom is -0.340 e. The topological polar surface area (TPSA) is 92.7 Å². The van der Waals surface area contributed by atoms with Crippen LogP contribution in [0.25, 0.3) is 21.5 Å². The van der Waals surface area contributed by atoms with Crippen LogP contribution >= 0.6 is 0 Å². The number of aromatic nitrogens is 2. The largest absolute Gasteiger partial charge is 0.340 e. The predicted octanol–water partition coefficient (Wildman–Crippen LogP) is 4.28. The van der Waals surface area contributed by atoms with Crippen molar-refractivity contribution in [1.29, 1.82) is 0 Å². The molecule has 4 rings (SSSR count). The van der Waals surface area contributed by atoms with Crippen molar-refractivity contribution in [3.05, 3.63) is 70.4 Å². The highest BCUT2D eigenvalue weighted by Gasteiger charge is 2.24. The Morgan fingerprint density at radius 2 is 2.04 bits per heavy atom. The van der Waals surface area contributed by atoms with E-state index in [1.807, 2.05) is 42.5 Å². The van der Waals surface area contributed by atoms with Gasteiger partial charge >= 0.3 is 0 Å². The van der Waals surface area contributed by atoms with Crippen LogP contribution in [0.4, 0.5) is 5.69 Å². The van der Waals surface area contributed by atoms with Gasteiger partial charge in [-0.25, -0.2) is 4.98 Å². The van der Waals surface area contributed by atoms with Gasteiger partial charge in [0.1, 0.15) is 5.82 Å². The Hall–Kier alpha value is -2.86. The molecule has 1 saturated heterocycles. The average molecular weight is 361 g/mol. The SMILES string of the molecule is CN1CCC(NC(c2cccc(N=[N+]=[N-])c2)c2nc3ccccc3[nH]2)CC1. The van der Waals surface area contributed by atoms with Crippen LogP contribution < -0.4 is 5.32 Å². The minimum absolute atomic E-state index is 0.0837. The van der Waals surface area contributed by atoms with Gasteiger partial charge in [-0.1, -0.05) is 35.4 Å². The number of hydrogen-bond donors (Lipinski definition) is 2. The molecule has 3 aromatic rings. The molecule has 0 aliphatic carbocycles. The molecule has 0 saturated carbocycles. The Morgan fingerprint density at radius 1 is 1.22 bits per heavy atom. The molecule has 1 atom stereocenters. The molecule has 1 aliphatic rings. The summed E-state index contributed by atoms with van der Waals surface area (Å²) in [4.78, 5) is 13.5. The highest BCUT2D eigenvalue weighted by atomic mass is 15.1. The first-order valence-electron chi connectivity index (χ1n) is 9.27. The second kappa shape index (κ2) is 7.80. The number of rotatable bonds is 5. The number of para-hydroxylation sites is 2. The molecule has 1 aliphatic heterocycles. The lowest BCUT2D eigenvalue weighted by Crippen LogP contribution is -2.42. The molecule has 2 N–H and O–H groups in total. The number of azide groups is 1. The highest BCUT2D eigenvalue weighted by Crippen LogP contribution is 2.27. The average Bonchev–Trinajstić information content (AvgIpc) is 3.12. The van der Waals surface area contributed by atoms with Gasteiger partial charge in [-0.2, -0.15) is 0 Å². The number of nitrogens with zero attached hydrogens (tertiary/aromatic N) is 5. The van der Waals surface area contributed by atoms with E-state index in [1.165, 1.54) is 0 Å². The Balaban J connectivity index is 1.70. The Morgan fingerprint density at radius 3 is 2.81 bits per heavy atom. The smallest absolute Gasteiger partial charge is 0.129 e. The van der Waals surface area contributed by atoms with E-state index in [-0.39, 0.29) is 6.04 Å². The highest BCUT2D eigenvalue weighted by molar-refractivity contribution is 5.75. The maximum absolute atomic E-state index is 8.77. The normalized spacial score (nSPS) is 16.9. The molecule has 7 heteroatoms. The summed E-state index contributed by atoms with van der Waals surface area (Å²) >= 11 is 0. The summed E-state index contributed by atoms with van der Waals surface area (Å²) in [5.41, 5.74) is 12.4. The molecule has 0 amide bonds. The van der Waals surface area contributed by atoms with E-state index in [1.54, 1.807) is 0 Å². The lowest BCUT2D eigenvalue weighted by molar-refractivity contribution is 0.228. The van der Waals surface area contributed by atoms with Gasteiger partial charge < -0.3 is 15.2 Å². The van der Waals surface area contributed by atoms with E-state index in [0.29, 0.717) is 11.7 Å².